The lowest BCUT2D eigenvalue weighted by Crippen LogP contribution is -2.18. The van der Waals surface area contributed by atoms with Gasteiger partial charge in [0.05, 0.1) is 12.2 Å². The lowest BCUT2D eigenvalue weighted by Gasteiger charge is -2.06. The van der Waals surface area contributed by atoms with Gasteiger partial charge in [-0.05, 0) is 6.92 Å². The van der Waals surface area contributed by atoms with Crippen molar-refractivity contribution in [1.29, 1.82) is 0 Å². The molecule has 1 heterocycles. The van der Waals surface area contributed by atoms with Gasteiger partial charge >= 0.3 is 0 Å². The topological polar surface area (TPSA) is 52.0 Å². The molecule has 3 nitrogen and oxygen atoms in total. The van der Waals surface area contributed by atoms with E-state index in [2.05, 4.69) is 9.68 Å². The Morgan fingerprint density at radius 2 is 2.27 bits per heavy atom. The Labute approximate surface area is 62.2 Å². The van der Waals surface area contributed by atoms with Gasteiger partial charge in [-0.25, -0.2) is 8.78 Å². The molecule has 2 N–H and O–H groups in total. The van der Waals surface area contributed by atoms with Crippen molar-refractivity contribution in [2.45, 2.75) is 19.4 Å². The van der Waals surface area contributed by atoms with E-state index in [0.29, 0.717) is 5.76 Å². The maximum absolute atomic E-state index is 12.0. The molecule has 1 rings (SSSR count). The van der Waals surface area contributed by atoms with Crippen molar-refractivity contribution in [3.8, 4) is 0 Å². The van der Waals surface area contributed by atoms with Crippen LogP contribution in [0.5, 0.6) is 0 Å². The molecule has 0 spiro atoms. The summed E-state index contributed by atoms with van der Waals surface area (Å²) in [6, 6.07) is -1.29. The van der Waals surface area contributed by atoms with Gasteiger partial charge < -0.3 is 10.3 Å². The quantitative estimate of drug-likeness (QED) is 0.711. The van der Waals surface area contributed by atoms with E-state index in [0.717, 1.165) is 0 Å². The van der Waals surface area contributed by atoms with E-state index in [4.69, 9.17) is 5.73 Å². The third-order valence-electron chi connectivity index (χ3n) is 1.42. The van der Waals surface area contributed by atoms with Gasteiger partial charge in [0.15, 0.2) is 0 Å². The Kier molecular flexibility index (Phi) is 2.19. The predicted molar refractivity (Wildman–Crippen MR) is 34.2 cm³/mol. The smallest absolute Gasteiger partial charge is 0.257 e. The molecule has 0 aliphatic carbocycles. The van der Waals surface area contributed by atoms with Crippen LogP contribution in [0.2, 0.25) is 0 Å². The van der Waals surface area contributed by atoms with E-state index in [1.54, 1.807) is 6.92 Å². The third kappa shape index (κ3) is 1.54. The van der Waals surface area contributed by atoms with Crippen molar-refractivity contribution < 1.29 is 13.3 Å². The highest BCUT2D eigenvalue weighted by Crippen LogP contribution is 2.20. The Bertz CT molecular complexity index is 236. The number of rotatable bonds is 2. The van der Waals surface area contributed by atoms with Crippen molar-refractivity contribution in [2.75, 3.05) is 0 Å². The average Bonchev–Trinajstić information content (AvgIpc) is 2.33. The molecule has 1 atom stereocenters. The van der Waals surface area contributed by atoms with Crippen LogP contribution in [0, 0.1) is 6.92 Å². The molecule has 0 saturated heterocycles. The standard InChI is InChI=1S/C6H8F2N2O/c1-3-4(2-10-11-3)5(9)6(7)8/h2,5-6H,9H2,1H3. The van der Waals surface area contributed by atoms with Gasteiger partial charge in [0.2, 0.25) is 0 Å². The van der Waals surface area contributed by atoms with E-state index >= 15 is 0 Å². The van der Waals surface area contributed by atoms with Crippen LogP contribution in [0.3, 0.4) is 0 Å². The summed E-state index contributed by atoms with van der Waals surface area (Å²) in [5.74, 6) is 0.345. The lowest BCUT2D eigenvalue weighted by atomic mass is 10.1. The van der Waals surface area contributed by atoms with Gasteiger partial charge in [0.1, 0.15) is 5.76 Å². The molecule has 11 heavy (non-hydrogen) atoms. The molecule has 1 aromatic rings. The molecule has 0 aliphatic heterocycles. The van der Waals surface area contributed by atoms with E-state index in [1.165, 1.54) is 6.20 Å². The van der Waals surface area contributed by atoms with Crippen molar-refractivity contribution in [3.05, 3.63) is 17.5 Å². The molecule has 0 radical (unpaired) electrons. The number of nitrogens with zero attached hydrogens (tertiary/aromatic N) is 1. The van der Waals surface area contributed by atoms with Crippen LogP contribution in [-0.4, -0.2) is 11.6 Å². The Hall–Kier alpha value is -0.970. The normalized spacial score (nSPS) is 13.9. The molecule has 0 aliphatic rings. The lowest BCUT2D eigenvalue weighted by molar-refractivity contribution is 0.115. The first-order valence-electron chi connectivity index (χ1n) is 3.08. The molecular weight excluding hydrogens is 154 g/mol. The number of halogens is 2. The summed E-state index contributed by atoms with van der Waals surface area (Å²) in [5, 5.41) is 3.34. The second-order valence-corrected chi connectivity index (χ2v) is 2.20. The van der Waals surface area contributed by atoms with Gasteiger partial charge in [0, 0.05) is 5.56 Å². The van der Waals surface area contributed by atoms with E-state index in [-0.39, 0.29) is 5.56 Å². The molecule has 62 valence electrons. The molecule has 0 fully saturated rings. The minimum atomic E-state index is -2.58. The second-order valence-electron chi connectivity index (χ2n) is 2.20. The summed E-state index contributed by atoms with van der Waals surface area (Å²) in [6.45, 7) is 1.55. The number of hydrogen-bond acceptors (Lipinski definition) is 3. The minimum absolute atomic E-state index is 0.264. The summed E-state index contributed by atoms with van der Waals surface area (Å²) < 4.78 is 28.5. The van der Waals surface area contributed by atoms with Crippen LogP contribution in [0.15, 0.2) is 10.7 Å². The van der Waals surface area contributed by atoms with Crippen molar-refractivity contribution in [2.24, 2.45) is 5.73 Å². The number of alkyl halides is 2. The van der Waals surface area contributed by atoms with E-state index in [9.17, 15) is 8.78 Å². The number of aryl methyl sites for hydroxylation is 1. The number of nitrogens with two attached hydrogens (primary N) is 1. The molecule has 1 unspecified atom stereocenters. The van der Waals surface area contributed by atoms with Crippen molar-refractivity contribution >= 4 is 0 Å². The highest BCUT2D eigenvalue weighted by molar-refractivity contribution is 5.16. The van der Waals surface area contributed by atoms with Crippen LogP contribution >= 0.6 is 0 Å². The second kappa shape index (κ2) is 2.96. The molecular formula is C6H8F2N2O. The highest BCUT2D eigenvalue weighted by Gasteiger charge is 2.21. The highest BCUT2D eigenvalue weighted by atomic mass is 19.3. The predicted octanol–water partition coefficient (Wildman–Crippen LogP) is 1.25. The summed E-state index contributed by atoms with van der Waals surface area (Å²) >= 11 is 0. The Balaban J connectivity index is 2.84. The first kappa shape index (κ1) is 8.13. The summed E-state index contributed by atoms with van der Waals surface area (Å²) in [7, 11) is 0. The zero-order chi connectivity index (χ0) is 8.43. The molecule has 0 aromatic carbocycles. The van der Waals surface area contributed by atoms with Crippen LogP contribution in [0.4, 0.5) is 8.78 Å². The van der Waals surface area contributed by atoms with E-state index < -0.39 is 12.5 Å². The van der Waals surface area contributed by atoms with Gasteiger partial charge in [-0.2, -0.15) is 0 Å². The van der Waals surface area contributed by atoms with Crippen molar-refractivity contribution in [1.82, 2.24) is 5.16 Å². The minimum Gasteiger partial charge on any atom is -0.361 e. The van der Waals surface area contributed by atoms with Gasteiger partial charge in [-0.15, -0.1) is 0 Å². The first-order chi connectivity index (χ1) is 5.13. The van der Waals surface area contributed by atoms with Gasteiger partial charge in [-0.1, -0.05) is 5.16 Å². The fourth-order valence-electron chi connectivity index (χ4n) is 0.762. The van der Waals surface area contributed by atoms with Gasteiger partial charge in [-0.3, -0.25) is 0 Å². The average molecular weight is 162 g/mol. The zero-order valence-corrected chi connectivity index (χ0v) is 5.92. The van der Waals surface area contributed by atoms with Crippen molar-refractivity contribution in [3.63, 3.8) is 0 Å². The third-order valence-corrected chi connectivity index (χ3v) is 1.42. The van der Waals surface area contributed by atoms with Crippen LogP contribution in [0.25, 0.3) is 0 Å². The fraction of sp³-hybridized carbons (Fsp3) is 0.500. The largest absolute Gasteiger partial charge is 0.361 e. The van der Waals surface area contributed by atoms with Crippen LogP contribution < -0.4 is 5.73 Å². The monoisotopic (exact) mass is 162 g/mol. The molecule has 5 heteroatoms. The van der Waals surface area contributed by atoms with E-state index in [1.807, 2.05) is 0 Å². The molecule has 0 saturated carbocycles. The first-order valence-corrected chi connectivity index (χ1v) is 3.08. The molecule has 0 amide bonds. The van der Waals surface area contributed by atoms with Gasteiger partial charge in [0.25, 0.3) is 6.43 Å². The number of aromatic nitrogens is 1. The maximum Gasteiger partial charge on any atom is 0.257 e. The molecule has 1 aromatic heterocycles. The summed E-state index contributed by atoms with van der Waals surface area (Å²) in [5.41, 5.74) is 5.40. The Morgan fingerprint density at radius 1 is 1.64 bits per heavy atom. The maximum atomic E-state index is 12.0. The zero-order valence-electron chi connectivity index (χ0n) is 5.92. The number of hydrogen-bond donors (Lipinski definition) is 1. The summed E-state index contributed by atoms with van der Waals surface area (Å²) in [4.78, 5) is 0. The van der Waals surface area contributed by atoms with Crippen LogP contribution in [-0.2, 0) is 0 Å². The Morgan fingerprint density at radius 3 is 2.64 bits per heavy atom. The summed E-state index contributed by atoms with van der Waals surface area (Å²) in [6.07, 6.45) is -1.36. The molecule has 0 bridgehead atoms. The van der Waals surface area contributed by atoms with Crippen LogP contribution in [0.1, 0.15) is 17.4 Å². The SMILES string of the molecule is Cc1oncc1C(N)C(F)F. The fourth-order valence-corrected chi connectivity index (χ4v) is 0.762.